The molecule has 0 bridgehead atoms. The molecule has 8 heteroatoms. The van der Waals surface area contributed by atoms with Crippen LogP contribution in [0.2, 0.25) is 0 Å². The average molecular weight is 475 g/mol. The molecule has 2 aromatic rings. The maximum Gasteiger partial charge on any atom is 0.240 e. The summed E-state index contributed by atoms with van der Waals surface area (Å²) in [5.41, 5.74) is 3.16. The molecule has 0 fully saturated rings. The predicted molar refractivity (Wildman–Crippen MR) is 134 cm³/mol. The van der Waals surface area contributed by atoms with Gasteiger partial charge in [-0.3, -0.25) is 4.98 Å². The average Bonchev–Trinajstić information content (AvgIpc) is 3.08. The molecule has 7 nitrogen and oxygen atoms in total. The topological polar surface area (TPSA) is 83.6 Å². The van der Waals surface area contributed by atoms with E-state index < -0.39 is 10.0 Å². The van der Waals surface area contributed by atoms with Gasteiger partial charge in [0.15, 0.2) is 0 Å². The summed E-state index contributed by atoms with van der Waals surface area (Å²) in [4.78, 5) is 6.70. The number of rotatable bonds is 13. The highest BCUT2D eigenvalue weighted by Gasteiger charge is 2.26. The molecule has 0 spiro atoms. The van der Waals surface area contributed by atoms with E-state index in [9.17, 15) is 8.42 Å². The van der Waals surface area contributed by atoms with Gasteiger partial charge in [0.05, 0.1) is 35.2 Å². The fourth-order valence-electron chi connectivity index (χ4n) is 4.14. The Morgan fingerprint density at radius 2 is 1.94 bits per heavy atom. The summed E-state index contributed by atoms with van der Waals surface area (Å²) in [5.74, 6) is 0.369. The summed E-state index contributed by atoms with van der Waals surface area (Å²) >= 11 is 0. The monoisotopic (exact) mass is 474 g/mol. The first kappa shape index (κ1) is 25.5. The third kappa shape index (κ3) is 7.16. The summed E-state index contributed by atoms with van der Waals surface area (Å²) in [6.45, 7) is 10.2. The molecular weight excluding hydrogens is 436 g/mol. The normalized spacial score (nSPS) is 16.6. The molecule has 0 radical (unpaired) electrons. The molecule has 2 atom stereocenters. The first-order valence-electron chi connectivity index (χ1n) is 12.0. The minimum Gasteiger partial charge on any atom is -0.380 e. The summed E-state index contributed by atoms with van der Waals surface area (Å²) in [6.07, 6.45) is 7.76. The maximum atomic E-state index is 13.0. The lowest BCUT2D eigenvalue weighted by Crippen LogP contribution is -2.39. The molecule has 1 aliphatic rings. The largest absolute Gasteiger partial charge is 0.380 e. The van der Waals surface area contributed by atoms with Crippen LogP contribution in [0.4, 0.5) is 11.4 Å². The summed E-state index contributed by atoms with van der Waals surface area (Å²) < 4.78 is 34.7. The van der Waals surface area contributed by atoms with Crippen LogP contribution in [0.1, 0.15) is 58.9 Å². The van der Waals surface area contributed by atoms with Crippen LogP contribution in [0, 0.1) is 5.92 Å². The number of nitrogens with one attached hydrogen (secondary N) is 2. The summed E-state index contributed by atoms with van der Waals surface area (Å²) in [5, 5.41) is 3.41. The number of hydrogen-bond donors (Lipinski definition) is 2. The second-order valence-electron chi connectivity index (χ2n) is 9.21. The van der Waals surface area contributed by atoms with Crippen molar-refractivity contribution in [2.24, 2.45) is 5.92 Å². The molecule has 33 heavy (non-hydrogen) atoms. The van der Waals surface area contributed by atoms with E-state index in [1.54, 1.807) is 18.3 Å². The molecular formula is C25H38N4O3S. The number of sulfonamides is 1. The molecule has 0 saturated heterocycles. The molecule has 2 N–H and O–H groups in total. The van der Waals surface area contributed by atoms with Crippen molar-refractivity contribution in [1.82, 2.24) is 9.71 Å². The van der Waals surface area contributed by atoms with Crippen LogP contribution >= 0.6 is 0 Å². The number of fused-ring (bicyclic) bond motifs is 1. The zero-order valence-corrected chi connectivity index (χ0v) is 21.1. The Morgan fingerprint density at radius 3 is 2.64 bits per heavy atom. The Hall–Kier alpha value is -2.16. The lowest BCUT2D eigenvalue weighted by molar-refractivity contribution is 0.108. The second kappa shape index (κ2) is 11.8. The lowest BCUT2D eigenvalue weighted by atomic mass is 10.1. The van der Waals surface area contributed by atoms with E-state index in [-0.39, 0.29) is 17.1 Å². The zero-order valence-electron chi connectivity index (χ0n) is 20.3. The summed E-state index contributed by atoms with van der Waals surface area (Å²) in [6, 6.07) is 8.91. The van der Waals surface area contributed by atoms with E-state index in [1.165, 1.54) is 0 Å². The van der Waals surface area contributed by atoms with Crippen molar-refractivity contribution in [2.75, 3.05) is 23.4 Å². The quantitative estimate of drug-likeness (QED) is 0.407. The van der Waals surface area contributed by atoms with Crippen molar-refractivity contribution < 1.29 is 13.2 Å². The van der Waals surface area contributed by atoms with Gasteiger partial charge in [-0.05, 0) is 49.4 Å². The van der Waals surface area contributed by atoms with E-state index in [0.717, 1.165) is 42.6 Å². The Labute approximate surface area is 199 Å². The third-order valence-corrected chi connectivity index (χ3v) is 7.35. The van der Waals surface area contributed by atoms with Gasteiger partial charge in [0.2, 0.25) is 10.0 Å². The highest BCUT2D eigenvalue weighted by molar-refractivity contribution is 7.89. The Kier molecular flexibility index (Phi) is 9.11. The first-order chi connectivity index (χ1) is 15.8. The van der Waals surface area contributed by atoms with Gasteiger partial charge in [-0.2, -0.15) is 0 Å². The highest BCUT2D eigenvalue weighted by atomic mass is 32.2. The molecule has 1 aromatic heterocycles. The van der Waals surface area contributed by atoms with E-state index in [0.29, 0.717) is 25.7 Å². The van der Waals surface area contributed by atoms with Crippen LogP contribution in [0.5, 0.6) is 0 Å². The Balaban J connectivity index is 1.63. The smallest absolute Gasteiger partial charge is 0.240 e. The van der Waals surface area contributed by atoms with Crippen molar-refractivity contribution in [1.29, 1.82) is 0 Å². The van der Waals surface area contributed by atoms with Crippen molar-refractivity contribution in [3.05, 3.63) is 48.3 Å². The van der Waals surface area contributed by atoms with Gasteiger partial charge in [-0.15, -0.1) is 0 Å². The van der Waals surface area contributed by atoms with Gasteiger partial charge in [0, 0.05) is 25.4 Å². The maximum absolute atomic E-state index is 13.0. The second-order valence-corrected chi connectivity index (χ2v) is 10.9. The van der Waals surface area contributed by atoms with Crippen LogP contribution in [0.3, 0.4) is 0 Å². The van der Waals surface area contributed by atoms with Crippen LogP contribution < -0.4 is 14.9 Å². The van der Waals surface area contributed by atoms with Gasteiger partial charge < -0.3 is 15.0 Å². The number of pyridine rings is 1. The van der Waals surface area contributed by atoms with Crippen LogP contribution in [0.15, 0.2) is 47.6 Å². The van der Waals surface area contributed by atoms with Crippen LogP contribution in [-0.4, -0.2) is 38.8 Å². The van der Waals surface area contributed by atoms with Crippen molar-refractivity contribution in [3.63, 3.8) is 0 Å². The SMILES string of the molecule is CCCCCOCC(CC(C)C)NS(=O)(=O)c1ccc(CN2c3ccncc3NC2C)cc1. The molecule has 0 amide bonds. The third-order valence-electron chi connectivity index (χ3n) is 5.81. The predicted octanol–water partition coefficient (Wildman–Crippen LogP) is 4.76. The molecule has 0 aliphatic carbocycles. The first-order valence-corrected chi connectivity index (χ1v) is 13.4. The van der Waals surface area contributed by atoms with E-state index >= 15 is 0 Å². The minimum atomic E-state index is -3.62. The molecule has 2 heterocycles. The fraction of sp³-hybridized carbons (Fsp3) is 0.560. The zero-order chi connectivity index (χ0) is 23.8. The van der Waals surface area contributed by atoms with Crippen molar-refractivity contribution in [3.8, 4) is 0 Å². The number of unbranched alkanes of at least 4 members (excludes halogenated alkanes) is 2. The molecule has 2 unspecified atom stereocenters. The van der Waals surface area contributed by atoms with Gasteiger partial charge in [0.1, 0.15) is 0 Å². The molecule has 0 saturated carbocycles. The number of benzene rings is 1. The molecule has 1 aliphatic heterocycles. The Morgan fingerprint density at radius 1 is 1.18 bits per heavy atom. The van der Waals surface area contributed by atoms with Gasteiger partial charge in [-0.1, -0.05) is 45.7 Å². The number of hydrogen-bond acceptors (Lipinski definition) is 6. The van der Waals surface area contributed by atoms with Gasteiger partial charge in [-0.25, -0.2) is 13.1 Å². The number of aromatic nitrogens is 1. The minimum absolute atomic E-state index is 0.142. The molecule has 1 aromatic carbocycles. The number of ether oxygens (including phenoxy) is 1. The summed E-state index contributed by atoms with van der Waals surface area (Å²) in [7, 11) is -3.62. The van der Waals surface area contributed by atoms with Crippen LogP contribution in [-0.2, 0) is 21.3 Å². The van der Waals surface area contributed by atoms with E-state index in [4.69, 9.17) is 4.74 Å². The standard InChI is InChI=1S/C25H38N4O3S/c1-5-6-7-14-32-18-22(15-19(2)3)28-33(30,31)23-10-8-21(9-11-23)17-29-20(4)27-24-16-26-13-12-25(24)29/h8-13,16,19-20,22,27-28H,5-7,14-15,17-18H2,1-4H3. The van der Waals surface area contributed by atoms with Gasteiger partial charge >= 0.3 is 0 Å². The fourth-order valence-corrected chi connectivity index (χ4v) is 5.37. The van der Waals surface area contributed by atoms with Crippen molar-refractivity contribution in [2.45, 2.75) is 77.0 Å². The number of nitrogens with zero attached hydrogens (tertiary/aromatic N) is 2. The molecule has 3 rings (SSSR count). The Bertz CT molecular complexity index is 979. The lowest BCUT2D eigenvalue weighted by Gasteiger charge is -2.24. The van der Waals surface area contributed by atoms with Crippen LogP contribution in [0.25, 0.3) is 0 Å². The van der Waals surface area contributed by atoms with E-state index in [2.05, 4.69) is 47.6 Å². The highest BCUT2D eigenvalue weighted by Crippen LogP contribution is 2.34. The van der Waals surface area contributed by atoms with Gasteiger partial charge in [0.25, 0.3) is 0 Å². The number of anilines is 2. The van der Waals surface area contributed by atoms with E-state index in [1.807, 2.05) is 24.4 Å². The van der Waals surface area contributed by atoms with Crippen molar-refractivity contribution >= 4 is 21.4 Å². The molecule has 182 valence electrons.